The molecule has 5 nitrogen and oxygen atoms in total. The van der Waals surface area contributed by atoms with Crippen molar-refractivity contribution in [1.82, 2.24) is 4.98 Å². The van der Waals surface area contributed by atoms with E-state index < -0.39 is 18.4 Å². The van der Waals surface area contributed by atoms with E-state index in [0.29, 0.717) is 27.4 Å². The van der Waals surface area contributed by atoms with Gasteiger partial charge in [0.2, 0.25) is 5.78 Å². The number of hydrogen-bond acceptors (Lipinski definition) is 4. The highest BCUT2D eigenvalue weighted by molar-refractivity contribution is 6.32. The van der Waals surface area contributed by atoms with E-state index in [0.717, 1.165) is 0 Å². The van der Waals surface area contributed by atoms with Crippen LogP contribution in [0.4, 0.5) is 0 Å². The van der Waals surface area contributed by atoms with Gasteiger partial charge < -0.3 is 9.72 Å². The van der Waals surface area contributed by atoms with Crippen LogP contribution in [0.5, 0.6) is 0 Å². The predicted molar refractivity (Wildman–Crippen MR) is 96.0 cm³/mol. The molecule has 2 aromatic rings. The van der Waals surface area contributed by atoms with Crippen molar-refractivity contribution in [3.05, 3.63) is 63.4 Å². The number of rotatable bonds is 6. The second kappa shape index (κ2) is 7.94. The normalized spacial score (nSPS) is 10.9. The maximum Gasteiger partial charge on any atom is 0.331 e. The minimum absolute atomic E-state index is 0.120. The number of aromatic nitrogens is 1. The van der Waals surface area contributed by atoms with Crippen LogP contribution in [-0.2, 0) is 9.53 Å². The van der Waals surface area contributed by atoms with E-state index in [1.165, 1.54) is 19.1 Å². The van der Waals surface area contributed by atoms with E-state index in [4.69, 9.17) is 16.3 Å². The molecule has 0 aliphatic rings. The molecule has 0 fully saturated rings. The SMILES string of the molecule is CC(=O)c1c(C)[nH]c(C(=O)COC(=O)C=Cc2ccccc2Cl)c1C. The van der Waals surface area contributed by atoms with Crippen molar-refractivity contribution in [3.8, 4) is 0 Å². The number of aromatic amines is 1. The van der Waals surface area contributed by atoms with Crippen LogP contribution in [0, 0.1) is 13.8 Å². The van der Waals surface area contributed by atoms with Gasteiger partial charge in [-0.2, -0.15) is 0 Å². The zero-order valence-electron chi connectivity index (χ0n) is 14.2. The van der Waals surface area contributed by atoms with Crippen molar-refractivity contribution in [2.45, 2.75) is 20.8 Å². The Bertz CT molecular complexity index is 864. The zero-order valence-corrected chi connectivity index (χ0v) is 14.9. The van der Waals surface area contributed by atoms with Crippen molar-refractivity contribution in [3.63, 3.8) is 0 Å². The highest BCUT2D eigenvalue weighted by Crippen LogP contribution is 2.19. The summed E-state index contributed by atoms with van der Waals surface area (Å²) in [5.74, 6) is -1.17. The van der Waals surface area contributed by atoms with Gasteiger partial charge in [0.25, 0.3) is 0 Å². The number of H-pyrrole nitrogens is 1. The molecule has 1 aromatic heterocycles. The second-order valence-corrected chi connectivity index (χ2v) is 5.97. The Kier molecular flexibility index (Phi) is 5.93. The smallest absolute Gasteiger partial charge is 0.331 e. The summed E-state index contributed by atoms with van der Waals surface area (Å²) in [4.78, 5) is 38.5. The van der Waals surface area contributed by atoms with E-state index in [1.807, 2.05) is 0 Å². The predicted octanol–water partition coefficient (Wildman–Crippen LogP) is 3.93. The number of Topliss-reactive ketones (excluding diaryl/α,β-unsaturated/α-hetero) is 2. The molecule has 25 heavy (non-hydrogen) atoms. The molecule has 0 radical (unpaired) electrons. The quantitative estimate of drug-likeness (QED) is 0.481. The van der Waals surface area contributed by atoms with Crippen molar-refractivity contribution in [1.29, 1.82) is 0 Å². The summed E-state index contributed by atoms with van der Waals surface area (Å²) in [7, 11) is 0. The van der Waals surface area contributed by atoms with Crippen LogP contribution in [0.25, 0.3) is 6.08 Å². The number of nitrogens with one attached hydrogen (secondary N) is 1. The van der Waals surface area contributed by atoms with Crippen molar-refractivity contribution in [2.75, 3.05) is 6.61 Å². The second-order valence-electron chi connectivity index (χ2n) is 5.57. The van der Waals surface area contributed by atoms with Gasteiger partial charge >= 0.3 is 5.97 Å². The molecule has 0 amide bonds. The van der Waals surface area contributed by atoms with Crippen LogP contribution >= 0.6 is 11.6 Å². The first-order chi connectivity index (χ1) is 11.8. The third-order valence-corrected chi connectivity index (χ3v) is 4.06. The number of ketones is 2. The third-order valence-electron chi connectivity index (χ3n) is 3.72. The van der Waals surface area contributed by atoms with E-state index in [9.17, 15) is 14.4 Å². The van der Waals surface area contributed by atoms with Crippen molar-refractivity contribution < 1.29 is 19.1 Å². The summed E-state index contributed by atoms with van der Waals surface area (Å²) in [6.45, 7) is 4.44. The molecule has 0 bridgehead atoms. The average Bonchev–Trinajstić information content (AvgIpc) is 2.86. The molecule has 2 rings (SSSR count). The number of carbonyl (C=O) groups is 3. The first-order valence-corrected chi connectivity index (χ1v) is 8.01. The van der Waals surface area contributed by atoms with Crippen LogP contribution in [0.3, 0.4) is 0 Å². The van der Waals surface area contributed by atoms with Gasteiger partial charge in [-0.25, -0.2) is 4.79 Å². The highest BCUT2D eigenvalue weighted by Gasteiger charge is 2.20. The lowest BCUT2D eigenvalue weighted by atomic mass is 10.1. The van der Waals surface area contributed by atoms with Gasteiger partial charge in [-0.15, -0.1) is 0 Å². The minimum Gasteiger partial charge on any atom is -0.454 e. The summed E-state index contributed by atoms with van der Waals surface area (Å²) in [5.41, 5.74) is 2.64. The summed E-state index contributed by atoms with van der Waals surface area (Å²) in [6, 6.07) is 7.04. The molecular formula is C19H18ClNO4. The molecule has 0 saturated heterocycles. The number of esters is 1. The number of benzene rings is 1. The Balaban J connectivity index is 2.01. The number of halogens is 1. The fourth-order valence-electron chi connectivity index (χ4n) is 2.58. The van der Waals surface area contributed by atoms with E-state index >= 15 is 0 Å². The fraction of sp³-hybridized carbons (Fsp3) is 0.211. The summed E-state index contributed by atoms with van der Waals surface area (Å²) in [5, 5.41) is 0.511. The van der Waals surface area contributed by atoms with Crippen LogP contribution in [0.15, 0.2) is 30.3 Å². The van der Waals surface area contributed by atoms with E-state index in [2.05, 4.69) is 4.98 Å². The zero-order chi connectivity index (χ0) is 18.6. The first kappa shape index (κ1) is 18.7. The Morgan fingerprint density at radius 3 is 2.48 bits per heavy atom. The van der Waals surface area contributed by atoms with Crippen molar-refractivity contribution in [2.24, 2.45) is 0 Å². The number of aryl methyl sites for hydroxylation is 1. The first-order valence-electron chi connectivity index (χ1n) is 7.64. The van der Waals surface area contributed by atoms with E-state index in [1.54, 1.807) is 38.1 Å². The fourth-order valence-corrected chi connectivity index (χ4v) is 2.78. The number of hydrogen-bond donors (Lipinski definition) is 1. The minimum atomic E-state index is -0.652. The monoisotopic (exact) mass is 359 g/mol. The molecule has 1 aromatic carbocycles. The Hall–Kier alpha value is -2.66. The lowest BCUT2D eigenvalue weighted by Gasteiger charge is -2.02. The topological polar surface area (TPSA) is 76.2 Å². The standard InChI is InChI=1S/C19H18ClNO4/c1-11-18(13(3)22)12(2)21-19(11)16(23)10-25-17(24)9-8-14-6-4-5-7-15(14)20/h4-9,21H,10H2,1-3H3. The molecule has 0 aliphatic heterocycles. The Labute approximate surface area is 150 Å². The van der Waals surface area contributed by atoms with Gasteiger partial charge in [0.05, 0.1) is 5.69 Å². The van der Waals surface area contributed by atoms with Gasteiger partial charge in [0.1, 0.15) is 0 Å². The van der Waals surface area contributed by atoms with Crippen LogP contribution in [0.2, 0.25) is 5.02 Å². The third kappa shape index (κ3) is 4.45. The molecular weight excluding hydrogens is 342 g/mol. The lowest BCUT2D eigenvalue weighted by Crippen LogP contribution is -2.14. The summed E-state index contributed by atoms with van der Waals surface area (Å²) >= 11 is 5.99. The van der Waals surface area contributed by atoms with Gasteiger partial charge in [0, 0.05) is 22.4 Å². The molecule has 1 N–H and O–H groups in total. The van der Waals surface area contributed by atoms with Gasteiger partial charge in [-0.1, -0.05) is 29.8 Å². The molecule has 6 heteroatoms. The maximum atomic E-state index is 12.2. The molecule has 0 aliphatic carbocycles. The molecule has 0 unspecified atom stereocenters. The molecule has 0 atom stereocenters. The maximum absolute atomic E-state index is 12.2. The summed E-state index contributed by atoms with van der Waals surface area (Å²) in [6.07, 6.45) is 2.73. The largest absolute Gasteiger partial charge is 0.454 e. The van der Waals surface area contributed by atoms with Crippen molar-refractivity contribution >= 4 is 35.2 Å². The van der Waals surface area contributed by atoms with Gasteiger partial charge in [-0.3, -0.25) is 9.59 Å². The Morgan fingerprint density at radius 1 is 1.20 bits per heavy atom. The van der Waals surface area contributed by atoms with Crippen LogP contribution < -0.4 is 0 Å². The number of ether oxygens (including phenoxy) is 1. The number of carbonyl (C=O) groups excluding carboxylic acids is 3. The summed E-state index contributed by atoms with van der Waals surface area (Å²) < 4.78 is 4.96. The molecule has 130 valence electrons. The lowest BCUT2D eigenvalue weighted by molar-refractivity contribution is -0.136. The average molecular weight is 360 g/mol. The van der Waals surface area contributed by atoms with Gasteiger partial charge in [0.15, 0.2) is 12.4 Å². The van der Waals surface area contributed by atoms with E-state index in [-0.39, 0.29) is 11.5 Å². The molecule has 0 spiro atoms. The molecule has 1 heterocycles. The molecule has 0 saturated carbocycles. The van der Waals surface area contributed by atoms with Crippen LogP contribution in [-0.4, -0.2) is 29.1 Å². The van der Waals surface area contributed by atoms with Gasteiger partial charge in [-0.05, 0) is 44.0 Å². The Morgan fingerprint density at radius 2 is 1.88 bits per heavy atom. The highest BCUT2D eigenvalue weighted by atomic mass is 35.5. The van der Waals surface area contributed by atoms with Crippen LogP contribution in [0.1, 0.15) is 44.6 Å².